The van der Waals surface area contributed by atoms with Gasteiger partial charge in [0.15, 0.2) is 5.13 Å². The number of nitro benzene ring substituents is 1. The van der Waals surface area contributed by atoms with E-state index >= 15 is 0 Å². The summed E-state index contributed by atoms with van der Waals surface area (Å²) in [6, 6.07) is 9.13. The largest absolute Gasteiger partial charge is 0.355 e. The van der Waals surface area contributed by atoms with Crippen LogP contribution in [-0.4, -0.2) is 30.7 Å². The van der Waals surface area contributed by atoms with Crippen molar-refractivity contribution in [1.82, 2.24) is 20.4 Å². The molecule has 0 atom stereocenters. The highest BCUT2D eigenvalue weighted by Gasteiger charge is 2.25. The second-order valence-electron chi connectivity index (χ2n) is 6.79. The number of nitro groups is 2. The topological polar surface area (TPSA) is 178 Å². The van der Waals surface area contributed by atoms with Crippen LogP contribution in [0, 0.1) is 27.2 Å². The number of nitrogens with one attached hydrogen (secondary N) is 3. The van der Waals surface area contributed by atoms with Crippen molar-refractivity contribution >= 4 is 67.2 Å². The Balaban J connectivity index is 1.57. The van der Waals surface area contributed by atoms with Crippen LogP contribution in [0.2, 0.25) is 5.02 Å². The van der Waals surface area contributed by atoms with E-state index in [9.17, 15) is 25.0 Å². The summed E-state index contributed by atoms with van der Waals surface area (Å²) in [4.78, 5) is 45.9. The summed E-state index contributed by atoms with van der Waals surface area (Å²) in [6.07, 6.45) is 1.06. The highest BCUT2D eigenvalue weighted by atomic mass is 35.5. The molecule has 0 bridgehead atoms. The van der Waals surface area contributed by atoms with Crippen molar-refractivity contribution in [3.05, 3.63) is 79.1 Å². The van der Waals surface area contributed by atoms with Gasteiger partial charge in [0.2, 0.25) is 11.6 Å². The van der Waals surface area contributed by atoms with E-state index in [-0.39, 0.29) is 22.2 Å². The van der Waals surface area contributed by atoms with E-state index < -0.39 is 27.1 Å². The number of benzene rings is 2. The minimum Gasteiger partial charge on any atom is -0.310 e. The number of nitrogens with zero attached hydrogens (tertiary/aromatic N) is 5. The van der Waals surface area contributed by atoms with E-state index in [0.717, 1.165) is 28.2 Å². The molecule has 0 spiro atoms. The van der Waals surface area contributed by atoms with Gasteiger partial charge in [-0.25, -0.2) is 15.0 Å². The summed E-state index contributed by atoms with van der Waals surface area (Å²) in [5.74, 6) is -1.25. The maximum absolute atomic E-state index is 12.4. The molecule has 1 amide bonds. The van der Waals surface area contributed by atoms with Gasteiger partial charge in [0.05, 0.1) is 20.1 Å². The maximum atomic E-state index is 12.4. The van der Waals surface area contributed by atoms with Crippen molar-refractivity contribution in [3.63, 3.8) is 0 Å². The van der Waals surface area contributed by atoms with Gasteiger partial charge in [-0.2, -0.15) is 0 Å². The van der Waals surface area contributed by atoms with Crippen molar-refractivity contribution in [1.29, 1.82) is 0 Å². The van der Waals surface area contributed by atoms with Crippen LogP contribution in [0.15, 0.2) is 42.7 Å². The number of rotatable bonds is 7. The molecule has 15 heteroatoms. The smallest absolute Gasteiger partial charge is 0.310 e. The molecular weight excluding hydrogens is 488 g/mol. The highest BCUT2D eigenvalue weighted by Crippen LogP contribution is 2.34. The Hall–Kier alpha value is -4.43. The van der Waals surface area contributed by atoms with Crippen molar-refractivity contribution in [2.24, 2.45) is 0 Å². The van der Waals surface area contributed by atoms with Crippen LogP contribution in [0.25, 0.3) is 10.2 Å². The lowest BCUT2D eigenvalue weighted by molar-refractivity contribution is -0.384. The molecule has 2 heterocycles. The zero-order valence-electron chi connectivity index (χ0n) is 17.1. The minimum atomic E-state index is -0.802. The number of carbonyl (C=O) groups excluding carboxylic acids is 1. The van der Waals surface area contributed by atoms with Gasteiger partial charge in [0.1, 0.15) is 11.3 Å². The first-order valence-electron chi connectivity index (χ1n) is 9.37. The molecule has 4 rings (SSSR count). The fourth-order valence-electron chi connectivity index (χ4n) is 2.90. The van der Waals surface area contributed by atoms with Crippen LogP contribution >= 0.6 is 22.9 Å². The van der Waals surface area contributed by atoms with E-state index in [1.807, 2.05) is 25.1 Å². The molecule has 172 valence electrons. The number of amides is 1. The van der Waals surface area contributed by atoms with E-state index in [4.69, 9.17) is 11.6 Å². The number of carbonyl (C=O) groups is 1. The first kappa shape index (κ1) is 22.8. The molecule has 0 radical (unpaired) electrons. The molecule has 4 aromatic rings. The number of hydrazine groups is 1. The Bertz CT molecular complexity index is 1460. The first-order chi connectivity index (χ1) is 16.2. The lowest BCUT2D eigenvalue weighted by atomic mass is 10.2. The third kappa shape index (κ3) is 4.67. The van der Waals surface area contributed by atoms with Crippen LogP contribution < -0.4 is 16.2 Å². The van der Waals surface area contributed by atoms with Gasteiger partial charge < -0.3 is 5.32 Å². The lowest BCUT2D eigenvalue weighted by Gasteiger charge is -2.10. The van der Waals surface area contributed by atoms with Crippen LogP contribution in [0.3, 0.4) is 0 Å². The van der Waals surface area contributed by atoms with Gasteiger partial charge in [0.25, 0.3) is 11.6 Å². The summed E-state index contributed by atoms with van der Waals surface area (Å²) in [5.41, 5.74) is 5.26. The Labute approximate surface area is 199 Å². The van der Waals surface area contributed by atoms with E-state index in [2.05, 4.69) is 31.1 Å². The average Bonchev–Trinajstić information content (AvgIpc) is 3.18. The minimum absolute atomic E-state index is 0.0940. The predicted molar refractivity (Wildman–Crippen MR) is 126 cm³/mol. The van der Waals surface area contributed by atoms with E-state index in [0.29, 0.717) is 5.13 Å². The van der Waals surface area contributed by atoms with Crippen LogP contribution in [0.5, 0.6) is 0 Å². The third-order valence-corrected chi connectivity index (χ3v) is 5.73. The monoisotopic (exact) mass is 500 g/mol. The number of aromatic nitrogens is 3. The number of aryl methyl sites for hydroxylation is 1. The van der Waals surface area contributed by atoms with Crippen molar-refractivity contribution in [2.45, 2.75) is 6.92 Å². The molecule has 0 saturated heterocycles. The molecule has 0 aliphatic heterocycles. The molecule has 0 aliphatic rings. The molecule has 34 heavy (non-hydrogen) atoms. The van der Waals surface area contributed by atoms with E-state index in [1.54, 1.807) is 0 Å². The standard InChI is InChI=1S/C19H13ClN8O5S/c1-9-2-5-12-14(6-9)34-19(23-12)24-16-15(28(32)33)17(22-8-21-16)25-26-18(29)10-3-4-11(20)13(7-10)27(30)31/h2-8H,1H3,(H,26,29)(H2,21,22,23,24,25). The summed E-state index contributed by atoms with van der Waals surface area (Å²) >= 11 is 7.04. The van der Waals surface area contributed by atoms with Crippen LogP contribution in [0.4, 0.5) is 28.1 Å². The summed E-state index contributed by atoms with van der Waals surface area (Å²) in [7, 11) is 0. The average molecular weight is 501 g/mol. The van der Waals surface area contributed by atoms with Crippen molar-refractivity contribution in [3.8, 4) is 0 Å². The van der Waals surface area contributed by atoms with Gasteiger partial charge in [-0.3, -0.25) is 35.9 Å². The summed E-state index contributed by atoms with van der Waals surface area (Å²) in [5, 5.41) is 25.8. The zero-order valence-corrected chi connectivity index (χ0v) is 18.7. The molecule has 2 aromatic carbocycles. The molecule has 0 aliphatic carbocycles. The Morgan fingerprint density at radius 1 is 1.06 bits per heavy atom. The molecule has 13 nitrogen and oxygen atoms in total. The molecular formula is C19H13ClN8O5S. The van der Waals surface area contributed by atoms with Crippen LogP contribution in [-0.2, 0) is 0 Å². The second-order valence-corrected chi connectivity index (χ2v) is 8.23. The maximum Gasteiger partial charge on any atom is 0.355 e. The molecule has 2 aromatic heterocycles. The third-order valence-electron chi connectivity index (χ3n) is 4.47. The van der Waals surface area contributed by atoms with Gasteiger partial charge in [0, 0.05) is 11.6 Å². The van der Waals surface area contributed by atoms with Gasteiger partial charge in [-0.05, 0) is 36.8 Å². The van der Waals surface area contributed by atoms with Gasteiger partial charge >= 0.3 is 5.69 Å². The van der Waals surface area contributed by atoms with Crippen molar-refractivity contribution in [2.75, 3.05) is 10.7 Å². The van der Waals surface area contributed by atoms with Crippen molar-refractivity contribution < 1.29 is 14.6 Å². The number of anilines is 3. The Morgan fingerprint density at radius 3 is 2.56 bits per heavy atom. The SMILES string of the molecule is Cc1ccc2nc(Nc3ncnc(NNC(=O)c4ccc(Cl)c([N+](=O)[O-])c4)c3[N+](=O)[O-])sc2c1. The molecule has 3 N–H and O–H groups in total. The zero-order chi connectivity index (χ0) is 24.4. The number of fused-ring (bicyclic) bond motifs is 1. The van der Waals surface area contributed by atoms with Gasteiger partial charge in [-0.15, -0.1) is 0 Å². The number of thiazole rings is 1. The summed E-state index contributed by atoms with van der Waals surface area (Å²) in [6.45, 7) is 1.94. The lowest BCUT2D eigenvalue weighted by Crippen LogP contribution is -2.30. The second kappa shape index (κ2) is 9.21. The Kier molecular flexibility index (Phi) is 6.16. The van der Waals surface area contributed by atoms with E-state index in [1.165, 1.54) is 23.5 Å². The fraction of sp³-hybridized carbons (Fsp3) is 0.0526. The molecule has 0 saturated carbocycles. The molecule has 0 fully saturated rings. The van der Waals surface area contributed by atoms with Crippen LogP contribution in [0.1, 0.15) is 15.9 Å². The normalized spacial score (nSPS) is 10.6. The fourth-order valence-corrected chi connectivity index (χ4v) is 4.05. The number of halogens is 1. The number of hydrogen-bond donors (Lipinski definition) is 3. The Morgan fingerprint density at radius 2 is 1.82 bits per heavy atom. The molecule has 0 unspecified atom stereocenters. The highest BCUT2D eigenvalue weighted by molar-refractivity contribution is 7.22. The first-order valence-corrected chi connectivity index (χ1v) is 10.6. The predicted octanol–water partition coefficient (Wildman–Crippen LogP) is 4.37. The quantitative estimate of drug-likeness (QED) is 0.243. The summed E-state index contributed by atoms with van der Waals surface area (Å²) < 4.78 is 0.891. The number of hydrogen-bond acceptors (Lipinski definition) is 11. The van der Waals surface area contributed by atoms with Gasteiger partial charge in [-0.1, -0.05) is 29.0 Å².